The Bertz CT molecular complexity index is 1260. The zero-order valence-corrected chi connectivity index (χ0v) is 18.8. The van der Waals surface area contributed by atoms with Gasteiger partial charge in [0.05, 0.1) is 17.0 Å². The molecular weight excluding hydrogens is 469 g/mol. The van der Waals surface area contributed by atoms with Crippen LogP contribution in [0.4, 0.5) is 4.79 Å². The molecule has 32 heavy (non-hydrogen) atoms. The molecule has 0 atom stereocenters. The molecule has 1 fully saturated rings. The lowest BCUT2D eigenvalue weighted by atomic mass is 10.2. The van der Waals surface area contributed by atoms with Crippen LogP contribution in [0, 0.1) is 0 Å². The third-order valence-electron chi connectivity index (χ3n) is 4.53. The lowest BCUT2D eigenvalue weighted by molar-refractivity contribution is -0.123. The van der Waals surface area contributed by atoms with Gasteiger partial charge in [-0.05, 0) is 71.4 Å². The zero-order valence-electron chi connectivity index (χ0n) is 16.5. The molecule has 4 rings (SSSR count). The van der Waals surface area contributed by atoms with Crippen molar-refractivity contribution in [1.29, 1.82) is 0 Å². The maximum absolute atomic E-state index is 12.8. The Morgan fingerprint density at radius 3 is 2.41 bits per heavy atom. The monoisotopic (exact) mass is 483 g/mol. The molecule has 0 unspecified atom stereocenters. The van der Waals surface area contributed by atoms with Crippen molar-refractivity contribution >= 4 is 58.2 Å². The van der Waals surface area contributed by atoms with E-state index in [9.17, 15) is 14.4 Å². The largest absolute Gasteiger partial charge is 0.423 e. The van der Waals surface area contributed by atoms with Crippen molar-refractivity contribution in [2.75, 3.05) is 0 Å². The Morgan fingerprint density at radius 2 is 1.66 bits per heavy atom. The van der Waals surface area contributed by atoms with Gasteiger partial charge in [-0.15, -0.1) is 0 Å². The van der Waals surface area contributed by atoms with E-state index in [0.717, 1.165) is 17.3 Å². The van der Waals surface area contributed by atoms with E-state index in [1.807, 2.05) is 0 Å². The van der Waals surface area contributed by atoms with Gasteiger partial charge in [-0.2, -0.15) is 0 Å². The van der Waals surface area contributed by atoms with Crippen molar-refractivity contribution in [3.8, 4) is 5.75 Å². The van der Waals surface area contributed by atoms with Gasteiger partial charge in [-0.1, -0.05) is 53.5 Å². The number of esters is 1. The zero-order chi connectivity index (χ0) is 22.7. The van der Waals surface area contributed by atoms with Crippen molar-refractivity contribution in [3.05, 3.63) is 104 Å². The summed E-state index contributed by atoms with van der Waals surface area (Å²) in [4.78, 5) is 39.0. The molecule has 1 aliphatic heterocycles. The predicted molar refractivity (Wildman–Crippen MR) is 126 cm³/mol. The molecule has 0 spiro atoms. The molecule has 160 valence electrons. The summed E-state index contributed by atoms with van der Waals surface area (Å²) in [7, 11) is 0. The second-order valence-corrected chi connectivity index (χ2v) is 8.74. The fraction of sp³-hybridized carbons (Fsp3) is 0.0417. The van der Waals surface area contributed by atoms with E-state index in [2.05, 4.69) is 0 Å². The van der Waals surface area contributed by atoms with Crippen LogP contribution in [0.15, 0.2) is 77.7 Å². The Balaban J connectivity index is 1.49. The minimum absolute atomic E-state index is 0.139. The summed E-state index contributed by atoms with van der Waals surface area (Å²) in [6.45, 7) is 0.139. The van der Waals surface area contributed by atoms with Gasteiger partial charge in [0.25, 0.3) is 11.1 Å². The Kier molecular flexibility index (Phi) is 6.65. The molecule has 5 nitrogen and oxygen atoms in total. The number of carbonyl (C=O) groups is 3. The van der Waals surface area contributed by atoms with Crippen LogP contribution in [0.5, 0.6) is 5.75 Å². The van der Waals surface area contributed by atoms with Crippen LogP contribution in [0.3, 0.4) is 0 Å². The molecule has 1 heterocycles. The van der Waals surface area contributed by atoms with Crippen LogP contribution in [0.1, 0.15) is 21.5 Å². The van der Waals surface area contributed by atoms with Gasteiger partial charge >= 0.3 is 5.97 Å². The number of hydrogen-bond donors (Lipinski definition) is 0. The second-order valence-electron chi connectivity index (χ2n) is 6.87. The predicted octanol–water partition coefficient (Wildman–Crippen LogP) is 6.45. The van der Waals surface area contributed by atoms with Crippen molar-refractivity contribution in [2.24, 2.45) is 0 Å². The number of imide groups is 1. The summed E-state index contributed by atoms with van der Waals surface area (Å²) in [5.74, 6) is -0.630. The van der Waals surface area contributed by atoms with Crippen molar-refractivity contribution < 1.29 is 19.1 Å². The molecule has 2 amide bonds. The Labute approximate surface area is 198 Å². The van der Waals surface area contributed by atoms with E-state index in [1.54, 1.807) is 72.8 Å². The van der Waals surface area contributed by atoms with Crippen LogP contribution < -0.4 is 4.74 Å². The van der Waals surface area contributed by atoms with Crippen LogP contribution in [0.2, 0.25) is 10.0 Å². The van der Waals surface area contributed by atoms with Gasteiger partial charge < -0.3 is 4.74 Å². The lowest BCUT2D eigenvalue weighted by Gasteiger charge is -2.12. The molecule has 1 saturated heterocycles. The smallest absolute Gasteiger partial charge is 0.343 e. The average molecular weight is 484 g/mol. The molecule has 0 saturated carbocycles. The molecular formula is C24H15Cl2NO4S. The van der Waals surface area contributed by atoms with Crippen LogP contribution in [0.25, 0.3) is 6.08 Å². The molecule has 0 radical (unpaired) electrons. The fourth-order valence-corrected chi connectivity index (χ4v) is 4.30. The molecule has 3 aromatic rings. The van der Waals surface area contributed by atoms with E-state index >= 15 is 0 Å². The summed E-state index contributed by atoms with van der Waals surface area (Å²) < 4.78 is 5.41. The van der Waals surface area contributed by atoms with Gasteiger partial charge in [0.15, 0.2) is 0 Å². The minimum Gasteiger partial charge on any atom is -0.423 e. The first kappa shape index (κ1) is 22.1. The van der Waals surface area contributed by atoms with Gasteiger partial charge in [0.2, 0.25) is 0 Å². The van der Waals surface area contributed by atoms with E-state index < -0.39 is 5.97 Å². The maximum Gasteiger partial charge on any atom is 0.343 e. The third-order valence-corrected chi connectivity index (χ3v) is 5.91. The summed E-state index contributed by atoms with van der Waals surface area (Å²) in [6.07, 6.45) is 1.60. The first-order chi connectivity index (χ1) is 15.4. The normalized spacial score (nSPS) is 14.8. The number of hydrogen-bond acceptors (Lipinski definition) is 5. The highest BCUT2D eigenvalue weighted by atomic mass is 35.5. The lowest BCUT2D eigenvalue weighted by Crippen LogP contribution is -2.27. The van der Waals surface area contributed by atoms with Gasteiger partial charge in [-0.3, -0.25) is 14.5 Å². The summed E-state index contributed by atoms with van der Waals surface area (Å²) in [5.41, 5.74) is 1.70. The summed E-state index contributed by atoms with van der Waals surface area (Å²) >= 11 is 12.8. The van der Waals surface area contributed by atoms with Gasteiger partial charge in [0.1, 0.15) is 5.75 Å². The highest BCUT2D eigenvalue weighted by Gasteiger charge is 2.35. The molecule has 3 aromatic carbocycles. The number of thioether (sulfide) groups is 1. The number of nitrogens with zero attached hydrogens (tertiary/aromatic N) is 1. The van der Waals surface area contributed by atoms with Crippen LogP contribution in [-0.4, -0.2) is 22.0 Å². The number of benzene rings is 3. The van der Waals surface area contributed by atoms with E-state index in [0.29, 0.717) is 26.9 Å². The second kappa shape index (κ2) is 9.61. The topological polar surface area (TPSA) is 63.7 Å². The maximum atomic E-state index is 12.8. The number of rotatable bonds is 5. The first-order valence-electron chi connectivity index (χ1n) is 9.47. The Hall–Kier alpha value is -3.06. The van der Waals surface area contributed by atoms with Crippen molar-refractivity contribution in [1.82, 2.24) is 4.90 Å². The van der Waals surface area contributed by atoms with Crippen LogP contribution in [-0.2, 0) is 11.3 Å². The SMILES string of the molecule is O=C(Oc1cccc(/C=C2\SC(=O)N(Cc3cccc(Cl)c3)C2=O)c1)c1cccc(Cl)c1. The molecule has 0 N–H and O–H groups in total. The first-order valence-corrected chi connectivity index (χ1v) is 11.0. The molecule has 0 bridgehead atoms. The quantitative estimate of drug-likeness (QED) is 0.237. The van der Waals surface area contributed by atoms with Gasteiger partial charge in [-0.25, -0.2) is 4.79 Å². The number of amides is 2. The molecule has 0 aliphatic carbocycles. The molecule has 8 heteroatoms. The summed E-state index contributed by atoms with van der Waals surface area (Å²) in [6, 6.07) is 20.2. The van der Waals surface area contributed by atoms with Crippen LogP contribution >= 0.6 is 35.0 Å². The number of ether oxygens (including phenoxy) is 1. The average Bonchev–Trinajstić information content (AvgIpc) is 3.01. The van der Waals surface area contributed by atoms with E-state index in [1.165, 1.54) is 11.0 Å². The standard InChI is InChI=1S/C24H15Cl2NO4S/c25-18-7-1-5-16(10-18)14-27-22(28)21(32-24(27)30)12-15-4-2-9-20(11-15)31-23(29)17-6-3-8-19(26)13-17/h1-13H,14H2/b21-12-. The van der Waals surface area contributed by atoms with Crippen molar-refractivity contribution in [3.63, 3.8) is 0 Å². The van der Waals surface area contributed by atoms with E-state index in [4.69, 9.17) is 27.9 Å². The fourth-order valence-electron chi connectivity index (χ4n) is 3.05. The highest BCUT2D eigenvalue weighted by molar-refractivity contribution is 8.18. The van der Waals surface area contributed by atoms with Gasteiger partial charge in [0, 0.05) is 10.0 Å². The third kappa shape index (κ3) is 5.22. The molecule has 0 aromatic heterocycles. The van der Waals surface area contributed by atoms with Crippen molar-refractivity contribution in [2.45, 2.75) is 6.54 Å². The molecule has 1 aliphatic rings. The summed E-state index contributed by atoms with van der Waals surface area (Å²) in [5, 5.41) is 0.612. The Morgan fingerprint density at radius 1 is 0.938 bits per heavy atom. The highest BCUT2D eigenvalue weighted by Crippen LogP contribution is 2.34. The van der Waals surface area contributed by atoms with E-state index in [-0.39, 0.29) is 22.6 Å². The number of halogens is 2. The minimum atomic E-state index is -0.550. The number of carbonyl (C=O) groups excluding carboxylic acids is 3.